The Balaban J connectivity index is -0.0000000862. The first-order chi connectivity index (χ1) is 20.6. The van der Waals surface area contributed by atoms with E-state index in [1.165, 1.54) is 12.3 Å². The van der Waals surface area contributed by atoms with E-state index in [1.807, 2.05) is 55.4 Å². The number of hydrogen-bond donors (Lipinski definition) is 4. The van der Waals surface area contributed by atoms with Crippen molar-refractivity contribution >= 4 is 42.8 Å². The van der Waals surface area contributed by atoms with Crippen LogP contribution < -0.4 is 24.8 Å². The molecule has 0 amide bonds. The molecule has 266 valence electrons. The number of nitrogens with two attached hydrogens (primary N) is 1. The number of nitrogens with zero attached hydrogens (tertiary/aromatic N) is 3. The Bertz CT molecular complexity index is 1110. The molecule has 18 heteroatoms. The summed E-state index contributed by atoms with van der Waals surface area (Å²) in [7, 11) is 0. The van der Waals surface area contributed by atoms with Gasteiger partial charge in [0.05, 0.1) is 24.6 Å². The van der Waals surface area contributed by atoms with Gasteiger partial charge < -0.3 is 44.3 Å². The third kappa shape index (κ3) is 36.6. The molecule has 0 spiro atoms. The summed E-state index contributed by atoms with van der Waals surface area (Å²) in [5.74, 6) is 4.26. The molecule has 0 radical (unpaired) electrons. The molecule has 6 N–H and O–H groups in total. The fraction of sp³-hybridized carbons (Fsp3) is 0.552. The maximum absolute atomic E-state index is 11.1. The summed E-state index contributed by atoms with van der Waals surface area (Å²) >= 11 is 0. The predicted octanol–water partition coefficient (Wildman–Crippen LogP) is 2.18. The largest absolute Gasteiger partial charge is 1.00 e. The molecule has 0 fully saturated rings. The molecule has 0 aliphatic carbocycles. The van der Waals surface area contributed by atoms with Crippen LogP contribution in [-0.4, -0.2) is 74.9 Å². The van der Waals surface area contributed by atoms with Gasteiger partial charge in [-0.05, 0) is 31.6 Å². The number of aromatic carboxylic acids is 1. The molecule has 16 nitrogen and oxygen atoms in total. The second-order valence-corrected chi connectivity index (χ2v) is 9.32. The summed E-state index contributed by atoms with van der Waals surface area (Å²) in [6.45, 7) is 19.5. The van der Waals surface area contributed by atoms with Gasteiger partial charge in [-0.15, -0.1) is 24.0 Å². The first kappa shape index (κ1) is 58.8. The molecule has 2 aromatic rings. The minimum absolute atomic E-state index is 0. The summed E-state index contributed by atoms with van der Waals surface area (Å²) < 4.78 is 18.4. The number of carboxylic acid groups (broad SMARTS) is 1. The number of aldehydes is 1. The van der Waals surface area contributed by atoms with Crippen LogP contribution in [0, 0.1) is 24.2 Å². The van der Waals surface area contributed by atoms with Crippen molar-refractivity contribution in [1.29, 1.82) is 0 Å². The monoisotopic (exact) mass is 688 g/mol. The molecule has 2 rings (SSSR count). The third-order valence-corrected chi connectivity index (χ3v) is 3.96. The number of carboxylic acids is 1. The number of carbonyl (C=O) groups is 4. The Hall–Kier alpha value is -3.70. The quantitative estimate of drug-likeness (QED) is 0.0452. The maximum Gasteiger partial charge on any atom is 1.00 e. The van der Waals surface area contributed by atoms with Crippen LogP contribution in [-0.2, 0) is 19.1 Å². The smallest absolute Gasteiger partial charge is 0.870 e. The fourth-order valence-electron chi connectivity index (χ4n) is 1.83. The molecule has 47 heavy (non-hydrogen) atoms. The number of terminal acetylenes is 1. The van der Waals surface area contributed by atoms with Gasteiger partial charge in [-0.3, -0.25) is 0 Å². The van der Waals surface area contributed by atoms with Crippen LogP contribution in [0.3, 0.4) is 0 Å². The van der Waals surface area contributed by atoms with E-state index in [2.05, 4.69) is 37.0 Å². The zero-order valence-corrected chi connectivity index (χ0v) is 29.8. The topological polar surface area (TPSA) is 268 Å². The molecule has 0 saturated heterocycles. The number of hydrogen-bond acceptors (Lipinski definition) is 15. The Labute approximate surface area is 294 Å². The van der Waals surface area contributed by atoms with Crippen LogP contribution >= 0.6 is 12.4 Å². The van der Waals surface area contributed by atoms with Gasteiger partial charge in [0.15, 0.2) is 0 Å². The van der Waals surface area contributed by atoms with Crippen molar-refractivity contribution in [3.8, 4) is 12.3 Å². The minimum atomic E-state index is -1.08. The molecule has 2 heterocycles. The van der Waals surface area contributed by atoms with E-state index >= 15 is 0 Å². The first-order valence-electron chi connectivity index (χ1n) is 13.5. The first-order valence-corrected chi connectivity index (χ1v) is 13.5. The van der Waals surface area contributed by atoms with Crippen molar-refractivity contribution in [3.05, 3.63) is 35.0 Å². The van der Waals surface area contributed by atoms with Gasteiger partial charge in [-0.1, -0.05) is 65.7 Å². The van der Waals surface area contributed by atoms with E-state index in [9.17, 15) is 19.2 Å². The molecule has 0 aliphatic heterocycles. The number of aromatic nitrogens is 2. The number of halogens is 1. The molecule has 0 bridgehead atoms. The van der Waals surface area contributed by atoms with Crippen LogP contribution in [0.15, 0.2) is 26.3 Å². The van der Waals surface area contributed by atoms with Crippen LogP contribution in [0.2, 0.25) is 0 Å². The summed E-state index contributed by atoms with van der Waals surface area (Å²) in [5, 5.41) is 32.9. The van der Waals surface area contributed by atoms with Crippen LogP contribution in [0.1, 0.15) is 114 Å². The van der Waals surface area contributed by atoms with Gasteiger partial charge >= 0.3 is 36.8 Å². The molecular formula is C29H50ClLiN4O12. The van der Waals surface area contributed by atoms with Crippen molar-refractivity contribution in [3.63, 3.8) is 0 Å². The van der Waals surface area contributed by atoms with E-state index in [0.717, 1.165) is 12.0 Å². The molecule has 0 aromatic carbocycles. The second kappa shape index (κ2) is 38.5. The Kier molecular flexibility index (Phi) is 48.1. The summed E-state index contributed by atoms with van der Waals surface area (Å²) in [4.78, 5) is 40.9. The predicted molar refractivity (Wildman–Crippen MR) is 171 cm³/mol. The zero-order valence-electron chi connectivity index (χ0n) is 29.0. The van der Waals surface area contributed by atoms with Crippen molar-refractivity contribution in [1.82, 2.24) is 10.3 Å². The van der Waals surface area contributed by atoms with E-state index in [0.29, 0.717) is 24.8 Å². The summed E-state index contributed by atoms with van der Waals surface area (Å²) in [6.07, 6.45) is 7.02. The Morgan fingerprint density at radius 2 is 1.30 bits per heavy atom. The fourth-order valence-corrected chi connectivity index (χ4v) is 1.83. The Morgan fingerprint density at radius 3 is 1.49 bits per heavy atom. The zero-order chi connectivity index (χ0) is 35.3. The average Bonchev–Trinajstić information content (AvgIpc) is 3.67. The van der Waals surface area contributed by atoms with Crippen molar-refractivity contribution in [2.24, 2.45) is 22.9 Å². The molecule has 2 aromatic heterocycles. The van der Waals surface area contributed by atoms with E-state index in [4.69, 9.17) is 24.8 Å². The normalized spacial score (nSPS) is 8.83. The SMILES string of the molecule is C#CC(=O)OCC.CC(C)C=NO.CC(C)C=O.CC(C)c1cc(C(=O)O)on1.CCOC(=O)c1cc(C(C)C)no1.Cl.NO.[Li+].[OH-]. The molecular weight excluding hydrogens is 639 g/mol. The van der Waals surface area contributed by atoms with Crippen LogP contribution in [0.25, 0.3) is 0 Å². The van der Waals surface area contributed by atoms with Gasteiger partial charge in [-0.25, -0.2) is 20.3 Å². The van der Waals surface area contributed by atoms with Crippen molar-refractivity contribution in [2.45, 2.75) is 81.1 Å². The van der Waals surface area contributed by atoms with Crippen molar-refractivity contribution < 1.29 is 77.6 Å². The van der Waals surface area contributed by atoms with E-state index in [1.54, 1.807) is 25.8 Å². The molecule has 0 aliphatic rings. The summed E-state index contributed by atoms with van der Waals surface area (Å²) in [5.41, 5.74) is 1.44. The van der Waals surface area contributed by atoms with Gasteiger partial charge in [0.25, 0.3) is 0 Å². The number of ether oxygens (including phenoxy) is 2. The average molecular weight is 689 g/mol. The van der Waals surface area contributed by atoms with Gasteiger partial charge in [-0.2, -0.15) is 0 Å². The number of rotatable bonds is 8. The van der Waals surface area contributed by atoms with E-state index < -0.39 is 17.9 Å². The second-order valence-electron chi connectivity index (χ2n) is 9.32. The number of esters is 2. The Morgan fingerprint density at radius 1 is 0.915 bits per heavy atom. The van der Waals surface area contributed by atoms with E-state index in [-0.39, 0.29) is 66.0 Å². The minimum Gasteiger partial charge on any atom is -0.870 e. The van der Waals surface area contributed by atoms with Crippen LogP contribution in [0.4, 0.5) is 0 Å². The van der Waals surface area contributed by atoms with Gasteiger partial charge in [0, 0.05) is 30.2 Å². The molecule has 0 atom stereocenters. The molecule has 0 saturated carbocycles. The van der Waals surface area contributed by atoms with Crippen molar-refractivity contribution in [2.75, 3.05) is 13.2 Å². The van der Waals surface area contributed by atoms with Gasteiger partial charge in [0.2, 0.25) is 11.5 Å². The standard InChI is InChI=1S/C9H13NO3.C7H9NO3.C5H6O2.C4H9NO.C4H8O.ClH.Li.H3NO.H2O/c1-4-12-9(11)8-5-7(6(2)3)10-13-8;1-4(2)5-3-6(7(9)10)11-8-5;1-3-5(6)7-4-2;1-4(2)3-5-6;1-4(2)3-5;;;1-2;/h5-6H,4H2,1-3H3;3-4H,1-2H3,(H,9,10);1H,4H2,2H3;3-4,6H,1-2H3;3-4H,1-2H3;1H;;2H,1H2;1H2/q;;;;;;+1;;/p-1. The van der Waals surface area contributed by atoms with Gasteiger partial charge in [0.1, 0.15) is 6.29 Å². The molecule has 0 unspecified atom stereocenters. The summed E-state index contributed by atoms with van der Waals surface area (Å²) in [6, 6.07) is 3.05. The number of oxime groups is 1. The van der Waals surface area contributed by atoms with Crippen LogP contribution in [0.5, 0.6) is 0 Å². The third-order valence-electron chi connectivity index (χ3n) is 3.96. The number of carbonyl (C=O) groups excluding carboxylic acids is 3. The maximum atomic E-state index is 11.1.